The van der Waals surface area contributed by atoms with E-state index in [0.29, 0.717) is 6.42 Å². The number of hydrogen-bond acceptors (Lipinski definition) is 5. The second-order valence-electron chi connectivity index (χ2n) is 3.13. The molecule has 17 heavy (non-hydrogen) atoms. The molecular weight excluding hydrogens is 256 g/mol. The molecular formula is C10H24O5Si2. The fourth-order valence-corrected chi connectivity index (χ4v) is 3.59. The van der Waals surface area contributed by atoms with Crippen molar-refractivity contribution in [1.29, 1.82) is 0 Å². The Morgan fingerprint density at radius 3 is 2.06 bits per heavy atom. The van der Waals surface area contributed by atoms with Crippen molar-refractivity contribution in [2.24, 2.45) is 0 Å². The number of rotatable bonds is 8. The van der Waals surface area contributed by atoms with Gasteiger partial charge in [-0.1, -0.05) is 19.9 Å². The topological polar surface area (TPSA) is 54.0 Å². The van der Waals surface area contributed by atoms with Gasteiger partial charge in [-0.05, 0) is 17.4 Å². The van der Waals surface area contributed by atoms with Crippen LogP contribution in [0.2, 0.25) is 0 Å². The summed E-state index contributed by atoms with van der Waals surface area (Å²) in [6.45, 7) is 5.33. The molecule has 0 amide bonds. The van der Waals surface area contributed by atoms with Gasteiger partial charge in [-0.25, -0.2) is 4.79 Å². The summed E-state index contributed by atoms with van der Waals surface area (Å²) >= 11 is 0. The molecule has 0 saturated heterocycles. The molecule has 0 aromatic carbocycles. The molecule has 0 rings (SSSR count). The third-order valence-electron chi connectivity index (χ3n) is 2.22. The summed E-state index contributed by atoms with van der Waals surface area (Å²) in [6.07, 6.45) is 2.57. The molecule has 0 heterocycles. The fraction of sp³-hybridized carbons (Fsp3) is 0.700. The number of carbonyl (C=O) groups is 1. The molecule has 0 spiro atoms. The summed E-state index contributed by atoms with van der Waals surface area (Å²) in [6, 6.07) is 0. The van der Waals surface area contributed by atoms with Crippen molar-refractivity contribution >= 4 is 25.7 Å². The Labute approximate surface area is 108 Å². The van der Waals surface area contributed by atoms with Gasteiger partial charge in [0.25, 0.3) is 0 Å². The zero-order valence-corrected chi connectivity index (χ0v) is 11.3. The summed E-state index contributed by atoms with van der Waals surface area (Å²) in [5, 5.41) is 0. The molecule has 0 saturated carbocycles. The minimum atomic E-state index is -2.94. The Morgan fingerprint density at radius 1 is 1.29 bits per heavy atom. The van der Waals surface area contributed by atoms with Crippen LogP contribution in [0.25, 0.3) is 0 Å². The molecule has 0 aromatic heterocycles. The van der Waals surface area contributed by atoms with Crippen LogP contribution in [0.4, 0.5) is 0 Å². The lowest BCUT2D eigenvalue weighted by Gasteiger charge is -2.31. The van der Waals surface area contributed by atoms with Gasteiger partial charge in [0.15, 0.2) is 5.73 Å². The molecule has 0 aromatic rings. The lowest BCUT2D eigenvalue weighted by molar-refractivity contribution is -0.142. The minimum absolute atomic E-state index is 0. The molecule has 5 nitrogen and oxygen atoms in total. The normalized spacial score (nSPS) is 12.5. The average molecular weight is 280 g/mol. The maximum Gasteiger partial charge on any atom is 0.543 e. The zero-order chi connectivity index (χ0) is 12.6. The molecule has 102 valence electrons. The van der Waals surface area contributed by atoms with Crippen molar-refractivity contribution in [2.75, 3.05) is 21.3 Å². The van der Waals surface area contributed by atoms with Gasteiger partial charge in [0.05, 0.1) is 0 Å². The van der Waals surface area contributed by atoms with Gasteiger partial charge in [0, 0.05) is 27.4 Å². The second-order valence-corrected chi connectivity index (χ2v) is 6.21. The summed E-state index contributed by atoms with van der Waals surface area (Å²) in [7, 11) is 1.53. The summed E-state index contributed by atoms with van der Waals surface area (Å²) in [5.74, 6) is -0.499. The number of hydrogen-bond donors (Lipinski definition) is 0. The molecule has 0 bridgehead atoms. The van der Waals surface area contributed by atoms with Crippen molar-refractivity contribution < 1.29 is 22.8 Å². The van der Waals surface area contributed by atoms with Crippen molar-refractivity contribution in [3.8, 4) is 0 Å². The highest BCUT2D eigenvalue weighted by Gasteiger charge is 2.49. The second kappa shape index (κ2) is 9.54. The van der Waals surface area contributed by atoms with Crippen LogP contribution in [0.1, 0.15) is 19.8 Å². The first kappa shape index (κ1) is 18.9. The van der Waals surface area contributed by atoms with E-state index in [4.69, 9.17) is 18.0 Å². The van der Waals surface area contributed by atoms with Crippen LogP contribution in [0.15, 0.2) is 12.7 Å². The number of ether oxygens (including phenoxy) is 1. The Kier molecular flexibility index (Phi) is 10.6. The third-order valence-corrected chi connectivity index (χ3v) is 5.13. The Morgan fingerprint density at radius 2 is 1.76 bits per heavy atom. The number of carbonyl (C=O) groups excluding carboxylic acids is 1. The van der Waals surface area contributed by atoms with Crippen molar-refractivity contribution in [1.82, 2.24) is 0 Å². The van der Waals surface area contributed by atoms with Gasteiger partial charge < -0.3 is 18.0 Å². The molecule has 0 aliphatic rings. The molecule has 1 unspecified atom stereocenters. The first-order chi connectivity index (χ1) is 7.60. The van der Waals surface area contributed by atoms with Crippen LogP contribution in [0.5, 0.6) is 0 Å². The highest BCUT2D eigenvalue weighted by atomic mass is 28.4. The lowest BCUT2D eigenvalue weighted by Crippen LogP contribution is -2.56. The van der Waals surface area contributed by atoms with Crippen LogP contribution in [-0.4, -0.2) is 52.8 Å². The monoisotopic (exact) mass is 280 g/mol. The summed E-state index contributed by atoms with van der Waals surface area (Å²) in [5.41, 5.74) is -0.497. The van der Waals surface area contributed by atoms with Crippen molar-refractivity contribution in [3.05, 3.63) is 12.7 Å². The molecule has 7 heteroatoms. The highest BCUT2D eigenvalue weighted by molar-refractivity contribution is 6.62. The highest BCUT2D eigenvalue weighted by Crippen LogP contribution is 2.19. The van der Waals surface area contributed by atoms with E-state index in [1.54, 1.807) is 0 Å². The smallest absolute Gasteiger partial charge is 0.455 e. The molecule has 0 radical (unpaired) electrons. The van der Waals surface area contributed by atoms with Gasteiger partial charge in [-0.3, -0.25) is 0 Å². The molecule has 0 N–H and O–H groups in total. The van der Waals surface area contributed by atoms with E-state index < -0.39 is 20.5 Å². The van der Waals surface area contributed by atoms with E-state index in [1.807, 2.05) is 6.92 Å². The maximum absolute atomic E-state index is 11.2. The van der Waals surface area contributed by atoms with Crippen molar-refractivity contribution in [3.63, 3.8) is 0 Å². The molecule has 0 aliphatic heterocycles. The Bertz CT molecular complexity index is 222. The van der Waals surface area contributed by atoms with Crippen LogP contribution in [-0.2, 0) is 22.8 Å². The SMILES string of the molecule is C=CC(=O)OC(CCC)[Si](OC)(OC)OC.[SiH4]. The van der Waals surface area contributed by atoms with Crippen LogP contribution < -0.4 is 0 Å². The van der Waals surface area contributed by atoms with Gasteiger partial charge in [-0.15, -0.1) is 0 Å². The first-order valence-corrected chi connectivity index (χ1v) is 6.88. The Hall–Kier alpha value is -0.476. The third kappa shape index (κ3) is 5.13. The largest absolute Gasteiger partial charge is 0.543 e. The van der Waals surface area contributed by atoms with Crippen molar-refractivity contribution in [2.45, 2.75) is 25.5 Å². The lowest BCUT2D eigenvalue weighted by atomic mass is 10.3. The van der Waals surface area contributed by atoms with Crippen LogP contribution >= 0.6 is 0 Å². The van der Waals surface area contributed by atoms with E-state index in [2.05, 4.69) is 6.58 Å². The average Bonchev–Trinajstić information content (AvgIpc) is 2.32. The summed E-state index contributed by atoms with van der Waals surface area (Å²) in [4.78, 5) is 11.2. The van der Waals surface area contributed by atoms with E-state index in [1.165, 1.54) is 21.3 Å². The quantitative estimate of drug-likeness (QED) is 0.352. The zero-order valence-electron chi connectivity index (χ0n) is 10.3. The molecule has 1 atom stereocenters. The predicted molar refractivity (Wildman–Crippen MR) is 73.1 cm³/mol. The van der Waals surface area contributed by atoms with Gasteiger partial charge in [0.1, 0.15) is 0 Å². The molecule has 0 aliphatic carbocycles. The fourth-order valence-electron chi connectivity index (χ4n) is 1.40. The van der Waals surface area contributed by atoms with E-state index in [0.717, 1.165) is 12.5 Å². The standard InChI is InChI=1S/C10H20O5Si.H4Si/c1-6-8-10(15-9(11)7-2)16(12-3,13-4)14-5;/h7,10H,2,6,8H2,1,3-5H3;1H4. The molecule has 0 fully saturated rings. The van der Waals surface area contributed by atoms with Crippen LogP contribution in [0.3, 0.4) is 0 Å². The van der Waals surface area contributed by atoms with Gasteiger partial charge in [0.2, 0.25) is 0 Å². The minimum Gasteiger partial charge on any atom is -0.455 e. The summed E-state index contributed by atoms with van der Waals surface area (Å²) < 4.78 is 21.0. The predicted octanol–water partition coefficient (Wildman–Crippen LogP) is -0.150. The first-order valence-electron chi connectivity index (χ1n) is 5.08. The van der Waals surface area contributed by atoms with E-state index >= 15 is 0 Å². The van der Waals surface area contributed by atoms with Gasteiger partial charge >= 0.3 is 14.8 Å². The Balaban J connectivity index is 0. The van der Waals surface area contributed by atoms with Crippen LogP contribution in [0, 0.1) is 0 Å². The van der Waals surface area contributed by atoms with E-state index in [-0.39, 0.29) is 11.0 Å². The number of esters is 1. The van der Waals surface area contributed by atoms with Gasteiger partial charge in [-0.2, -0.15) is 0 Å². The maximum atomic E-state index is 11.2. The van der Waals surface area contributed by atoms with E-state index in [9.17, 15) is 4.79 Å².